The summed E-state index contributed by atoms with van der Waals surface area (Å²) in [6, 6.07) is 22.0. The number of rotatable bonds is 7. The molecule has 1 aromatic heterocycles. The molecule has 4 aromatic rings. The molecule has 2 N–H and O–H groups in total. The molecule has 0 aliphatic heterocycles. The number of aromatic nitrogens is 2. The summed E-state index contributed by atoms with van der Waals surface area (Å²) < 4.78 is 31.7. The Labute approximate surface area is 174 Å². The van der Waals surface area contributed by atoms with Crippen molar-refractivity contribution in [2.75, 3.05) is 10.0 Å². The zero-order valence-electron chi connectivity index (χ0n) is 15.8. The van der Waals surface area contributed by atoms with Crippen LogP contribution < -0.4 is 14.8 Å². The molecule has 150 valence electrons. The molecular formula is C22H18N4O3S. The third kappa shape index (κ3) is 4.56. The second kappa shape index (κ2) is 8.22. The number of ether oxygens (including phenoxy) is 1. The van der Waals surface area contributed by atoms with Crippen LogP contribution in [-0.2, 0) is 10.0 Å². The van der Waals surface area contributed by atoms with Crippen molar-refractivity contribution in [3.8, 4) is 11.5 Å². The van der Waals surface area contributed by atoms with Gasteiger partial charge in [-0.05, 0) is 54.6 Å². The number of anilines is 3. The summed E-state index contributed by atoms with van der Waals surface area (Å²) in [5, 5.41) is 4.77. The van der Waals surface area contributed by atoms with E-state index in [1.54, 1.807) is 18.2 Å². The highest BCUT2D eigenvalue weighted by molar-refractivity contribution is 7.95. The first-order chi connectivity index (χ1) is 14.5. The van der Waals surface area contributed by atoms with Gasteiger partial charge < -0.3 is 10.1 Å². The van der Waals surface area contributed by atoms with Crippen LogP contribution in [0.3, 0.4) is 0 Å². The molecule has 0 aliphatic carbocycles. The molecule has 0 aliphatic rings. The monoisotopic (exact) mass is 418 g/mol. The lowest BCUT2D eigenvalue weighted by Gasteiger charge is -2.11. The lowest BCUT2D eigenvalue weighted by Crippen LogP contribution is -2.08. The van der Waals surface area contributed by atoms with Gasteiger partial charge in [0.05, 0.1) is 5.52 Å². The van der Waals surface area contributed by atoms with Gasteiger partial charge in [0.2, 0.25) is 0 Å². The van der Waals surface area contributed by atoms with Crippen LogP contribution in [0, 0.1) is 0 Å². The van der Waals surface area contributed by atoms with Crippen LogP contribution in [-0.4, -0.2) is 18.4 Å². The van der Waals surface area contributed by atoms with Crippen molar-refractivity contribution in [2.45, 2.75) is 0 Å². The molecule has 0 bridgehead atoms. The van der Waals surface area contributed by atoms with Crippen LogP contribution in [0.4, 0.5) is 17.2 Å². The average molecular weight is 418 g/mol. The summed E-state index contributed by atoms with van der Waals surface area (Å²) in [4.78, 5) is 8.53. The van der Waals surface area contributed by atoms with Crippen LogP contribution in [0.15, 0.2) is 91.1 Å². The minimum atomic E-state index is -3.60. The zero-order chi connectivity index (χ0) is 21.0. The fourth-order valence-electron chi connectivity index (χ4n) is 2.79. The molecule has 1 heterocycles. The molecule has 0 fully saturated rings. The Morgan fingerprint density at radius 3 is 2.30 bits per heavy atom. The quantitative estimate of drug-likeness (QED) is 0.436. The third-order valence-corrected chi connectivity index (χ3v) is 5.17. The van der Waals surface area contributed by atoms with E-state index in [1.165, 1.54) is 6.33 Å². The molecule has 7 nitrogen and oxygen atoms in total. The maximum atomic E-state index is 11.8. The van der Waals surface area contributed by atoms with E-state index in [9.17, 15) is 8.42 Å². The summed E-state index contributed by atoms with van der Waals surface area (Å²) in [6.07, 6.45) is 1.45. The first kappa shape index (κ1) is 19.4. The van der Waals surface area contributed by atoms with Crippen LogP contribution in [0.5, 0.6) is 11.5 Å². The van der Waals surface area contributed by atoms with Crippen molar-refractivity contribution in [3.63, 3.8) is 0 Å². The van der Waals surface area contributed by atoms with Gasteiger partial charge in [-0.1, -0.05) is 24.8 Å². The summed E-state index contributed by atoms with van der Waals surface area (Å²) in [7, 11) is -3.60. The molecule has 4 rings (SSSR count). The predicted molar refractivity (Wildman–Crippen MR) is 119 cm³/mol. The molecular weight excluding hydrogens is 400 g/mol. The van der Waals surface area contributed by atoms with Crippen molar-refractivity contribution >= 4 is 38.1 Å². The molecule has 0 unspecified atom stereocenters. The molecule has 8 heteroatoms. The Morgan fingerprint density at radius 1 is 0.867 bits per heavy atom. The van der Waals surface area contributed by atoms with E-state index in [1.807, 2.05) is 54.6 Å². The minimum absolute atomic E-state index is 0.395. The second-order valence-electron chi connectivity index (χ2n) is 6.33. The second-order valence-corrected chi connectivity index (χ2v) is 7.96. The van der Waals surface area contributed by atoms with Crippen LogP contribution >= 0.6 is 0 Å². The number of sulfonamides is 1. The Morgan fingerprint density at radius 2 is 1.57 bits per heavy atom. The lowest BCUT2D eigenvalue weighted by molar-refractivity contribution is 0.483. The van der Waals surface area contributed by atoms with Crippen molar-refractivity contribution in [1.29, 1.82) is 0 Å². The highest BCUT2D eigenvalue weighted by Gasteiger charge is 2.09. The van der Waals surface area contributed by atoms with Gasteiger partial charge in [0, 0.05) is 22.2 Å². The number of fused-ring (bicyclic) bond motifs is 1. The smallest absolute Gasteiger partial charge is 0.254 e. The zero-order valence-corrected chi connectivity index (χ0v) is 16.6. The van der Waals surface area contributed by atoms with Gasteiger partial charge in [-0.15, -0.1) is 0 Å². The van der Waals surface area contributed by atoms with Gasteiger partial charge in [-0.25, -0.2) is 18.4 Å². The third-order valence-electron chi connectivity index (χ3n) is 4.21. The summed E-state index contributed by atoms with van der Waals surface area (Å²) in [6.45, 7) is 3.30. The van der Waals surface area contributed by atoms with Gasteiger partial charge in [-0.2, -0.15) is 0 Å². The van der Waals surface area contributed by atoms with Crippen molar-refractivity contribution in [1.82, 2.24) is 9.97 Å². The van der Waals surface area contributed by atoms with E-state index < -0.39 is 10.0 Å². The average Bonchev–Trinajstić information content (AvgIpc) is 2.76. The molecule has 0 radical (unpaired) electrons. The first-order valence-electron chi connectivity index (χ1n) is 9.02. The van der Waals surface area contributed by atoms with E-state index in [4.69, 9.17) is 4.74 Å². The molecule has 0 saturated heterocycles. The summed E-state index contributed by atoms with van der Waals surface area (Å²) in [5.74, 6) is 2.02. The normalized spacial score (nSPS) is 11.1. The number of para-hydroxylation sites is 1. The van der Waals surface area contributed by atoms with Gasteiger partial charge in [0.25, 0.3) is 10.0 Å². The summed E-state index contributed by atoms with van der Waals surface area (Å²) in [5.41, 5.74) is 1.87. The largest absolute Gasteiger partial charge is 0.457 e. The Bertz CT molecular complexity index is 1290. The standard InChI is InChI=1S/C22H18N4O3S/c1-2-30(27,28)26-17-10-13-21-20(14-17)22(24-15-23-21)25-16-8-11-19(12-9-16)29-18-6-4-3-5-7-18/h2-15,26H,1H2,(H,23,24,25). The van der Waals surface area contributed by atoms with E-state index >= 15 is 0 Å². The lowest BCUT2D eigenvalue weighted by atomic mass is 10.2. The highest BCUT2D eigenvalue weighted by Crippen LogP contribution is 2.28. The van der Waals surface area contributed by atoms with E-state index in [-0.39, 0.29) is 0 Å². The van der Waals surface area contributed by atoms with Gasteiger partial charge in [0.1, 0.15) is 23.6 Å². The van der Waals surface area contributed by atoms with E-state index in [0.717, 1.165) is 16.8 Å². The van der Waals surface area contributed by atoms with Crippen molar-refractivity contribution < 1.29 is 13.2 Å². The van der Waals surface area contributed by atoms with Gasteiger partial charge in [-0.3, -0.25) is 4.72 Å². The predicted octanol–water partition coefficient (Wildman–Crippen LogP) is 5.05. The van der Waals surface area contributed by atoms with Crippen LogP contribution in [0.2, 0.25) is 0 Å². The van der Waals surface area contributed by atoms with E-state index in [2.05, 4.69) is 26.6 Å². The number of benzene rings is 3. The Kier molecular flexibility index (Phi) is 5.32. The number of hydrogen-bond acceptors (Lipinski definition) is 6. The molecule has 30 heavy (non-hydrogen) atoms. The minimum Gasteiger partial charge on any atom is -0.457 e. The molecule has 0 atom stereocenters. The first-order valence-corrected chi connectivity index (χ1v) is 10.6. The van der Waals surface area contributed by atoms with E-state index in [0.29, 0.717) is 28.2 Å². The van der Waals surface area contributed by atoms with Crippen molar-refractivity contribution in [2.24, 2.45) is 0 Å². The van der Waals surface area contributed by atoms with Crippen molar-refractivity contribution in [3.05, 3.63) is 91.1 Å². The SMILES string of the molecule is C=CS(=O)(=O)Nc1ccc2ncnc(Nc3ccc(Oc4ccccc4)cc3)c2c1. The topological polar surface area (TPSA) is 93.2 Å². The van der Waals surface area contributed by atoms with Gasteiger partial charge >= 0.3 is 0 Å². The van der Waals surface area contributed by atoms with Crippen LogP contribution in [0.25, 0.3) is 10.9 Å². The molecule has 0 spiro atoms. The van der Waals surface area contributed by atoms with Crippen LogP contribution in [0.1, 0.15) is 0 Å². The van der Waals surface area contributed by atoms with Gasteiger partial charge in [0.15, 0.2) is 0 Å². The molecule has 0 saturated carbocycles. The number of hydrogen-bond donors (Lipinski definition) is 2. The highest BCUT2D eigenvalue weighted by atomic mass is 32.2. The summed E-state index contributed by atoms with van der Waals surface area (Å²) >= 11 is 0. The number of nitrogens with zero attached hydrogens (tertiary/aromatic N) is 2. The molecule has 0 amide bonds. The Hall–Kier alpha value is -3.91. The molecule has 3 aromatic carbocycles. The fraction of sp³-hybridized carbons (Fsp3) is 0. The fourth-order valence-corrected chi connectivity index (χ4v) is 3.33. The maximum absolute atomic E-state index is 11.8. The Balaban J connectivity index is 1.57. The maximum Gasteiger partial charge on any atom is 0.254 e. The number of nitrogens with one attached hydrogen (secondary N) is 2.